The smallest absolute Gasteiger partial charge is 0.0600 e. The van der Waals surface area contributed by atoms with Crippen LogP contribution in [0.25, 0.3) is 0 Å². The van der Waals surface area contributed by atoms with E-state index in [4.69, 9.17) is 0 Å². The molecule has 3 nitrogen and oxygen atoms in total. The predicted molar refractivity (Wildman–Crippen MR) is 24.9 cm³/mol. The minimum absolute atomic E-state index is 0. The molecule has 1 fully saturated rings. The van der Waals surface area contributed by atoms with Crippen molar-refractivity contribution in [3.63, 3.8) is 0 Å². The zero-order valence-corrected chi connectivity index (χ0v) is 5.91. The van der Waals surface area contributed by atoms with Gasteiger partial charge in [-0.05, 0) is 0 Å². The molecule has 1 rings (SSSR count). The van der Waals surface area contributed by atoms with E-state index in [-0.39, 0.29) is 29.6 Å². The Morgan fingerprint density at radius 3 is 1.67 bits per heavy atom. The fraction of sp³-hybridized carbons (Fsp3) is 1.00. The van der Waals surface area contributed by atoms with Gasteiger partial charge >= 0.3 is 0 Å². The van der Waals surface area contributed by atoms with Crippen molar-refractivity contribution in [2.45, 2.75) is 0 Å². The molecule has 0 aromatic rings. The summed E-state index contributed by atoms with van der Waals surface area (Å²) >= 11 is 0. The molecule has 0 aromatic heterocycles. The summed E-state index contributed by atoms with van der Waals surface area (Å²) in [6.45, 7) is 1.78. The first-order valence-electron chi connectivity index (χ1n) is 1.66. The van der Waals surface area contributed by atoms with Gasteiger partial charge in [-0.2, -0.15) is 0 Å². The van der Waals surface area contributed by atoms with Crippen LogP contribution in [-0.4, -0.2) is 42.9 Å². The topological polar surface area (TPSA) is 36.1 Å². The maximum atomic E-state index is 3.00. The Kier molecular flexibility index (Phi) is 4.64. The molecular weight excluding hydrogens is 89.0 g/mol. The summed E-state index contributed by atoms with van der Waals surface area (Å²) in [6, 6.07) is 0. The third kappa shape index (κ3) is 2.12. The fourth-order valence-electron chi connectivity index (χ4n) is 0.312. The van der Waals surface area contributed by atoms with Gasteiger partial charge < -0.3 is 0 Å². The van der Waals surface area contributed by atoms with Crippen LogP contribution in [0.5, 0.6) is 0 Å². The fourth-order valence-corrected chi connectivity index (χ4v) is 0.312. The summed E-state index contributed by atoms with van der Waals surface area (Å²) in [6.07, 6.45) is 0. The van der Waals surface area contributed by atoms with Crippen LogP contribution in [0.2, 0.25) is 0 Å². The minimum atomic E-state index is 0. The van der Waals surface area contributed by atoms with E-state index >= 15 is 0 Å². The molecule has 3 N–H and O–H groups in total. The van der Waals surface area contributed by atoms with E-state index < -0.39 is 0 Å². The average Bonchev–Trinajstić information content (AvgIpc) is 1.76. The summed E-state index contributed by atoms with van der Waals surface area (Å²) in [5, 5.41) is 3.00. The van der Waals surface area contributed by atoms with E-state index in [1.165, 1.54) is 0 Å². The number of nitrogens with one attached hydrogen (secondary N) is 3. The summed E-state index contributed by atoms with van der Waals surface area (Å²) in [4.78, 5) is 0. The molecule has 0 saturated carbocycles. The summed E-state index contributed by atoms with van der Waals surface area (Å²) in [7, 11) is 0. The van der Waals surface area contributed by atoms with E-state index in [1.807, 2.05) is 0 Å². The van der Waals surface area contributed by atoms with Gasteiger partial charge in [-0.3, -0.25) is 5.32 Å². The molecular formula is C2H7N3Na. The first kappa shape index (κ1) is 6.88. The quantitative estimate of drug-likeness (QED) is 0.312. The van der Waals surface area contributed by atoms with Gasteiger partial charge in [0.2, 0.25) is 0 Å². The molecule has 1 saturated heterocycles. The average molecular weight is 96.1 g/mol. The van der Waals surface area contributed by atoms with Crippen LogP contribution in [-0.2, 0) is 0 Å². The van der Waals surface area contributed by atoms with Gasteiger partial charge in [-0.15, -0.1) is 0 Å². The molecule has 1 aliphatic heterocycles. The van der Waals surface area contributed by atoms with Crippen LogP contribution in [0.4, 0.5) is 0 Å². The molecule has 31 valence electrons. The molecule has 0 amide bonds. The predicted octanol–water partition coefficient (Wildman–Crippen LogP) is -1.78. The molecule has 1 radical (unpaired) electrons. The Labute approximate surface area is 59.1 Å². The third-order valence-electron chi connectivity index (χ3n) is 0.552. The largest absolute Gasteiger partial charge is 0.290 e. The van der Waals surface area contributed by atoms with E-state index in [2.05, 4.69) is 16.2 Å². The second-order valence-electron chi connectivity index (χ2n) is 0.957. The Bertz CT molecular complexity index is 20.4. The Morgan fingerprint density at radius 1 is 1.00 bits per heavy atom. The third-order valence-corrected chi connectivity index (χ3v) is 0.552. The minimum Gasteiger partial charge on any atom is -0.290 e. The Hall–Kier alpha value is 0.880. The number of hydrazine groups is 1. The maximum absolute atomic E-state index is 3.00. The normalized spacial score (nSPS) is 20.0. The number of hydrogen-bond donors (Lipinski definition) is 3. The molecule has 0 unspecified atom stereocenters. The van der Waals surface area contributed by atoms with Crippen LogP contribution >= 0.6 is 0 Å². The Balaban J connectivity index is 0.000000250. The standard InChI is InChI=1S/C2H7N3.Na/c1-3-2-5-4-1;/h3-5H,1-2H2;. The molecule has 4 heteroatoms. The van der Waals surface area contributed by atoms with Gasteiger partial charge in [0.15, 0.2) is 0 Å². The molecule has 6 heavy (non-hydrogen) atoms. The van der Waals surface area contributed by atoms with Crippen molar-refractivity contribution in [1.82, 2.24) is 16.2 Å². The monoisotopic (exact) mass is 96.1 g/mol. The zero-order chi connectivity index (χ0) is 3.54. The van der Waals surface area contributed by atoms with E-state index in [1.54, 1.807) is 0 Å². The van der Waals surface area contributed by atoms with E-state index in [0.29, 0.717) is 0 Å². The van der Waals surface area contributed by atoms with Crippen LogP contribution in [0, 0.1) is 0 Å². The maximum Gasteiger partial charge on any atom is 0.0600 e. The number of rotatable bonds is 0. The van der Waals surface area contributed by atoms with Crippen molar-refractivity contribution in [3.05, 3.63) is 0 Å². The van der Waals surface area contributed by atoms with Crippen molar-refractivity contribution in [1.29, 1.82) is 0 Å². The molecule has 0 atom stereocenters. The molecule has 0 aliphatic carbocycles. The first-order valence-corrected chi connectivity index (χ1v) is 1.66. The van der Waals surface area contributed by atoms with Crippen molar-refractivity contribution in [2.75, 3.05) is 13.3 Å². The van der Waals surface area contributed by atoms with Gasteiger partial charge in [0.05, 0.1) is 13.3 Å². The van der Waals surface area contributed by atoms with Crippen LogP contribution in [0.15, 0.2) is 0 Å². The van der Waals surface area contributed by atoms with E-state index in [0.717, 1.165) is 13.3 Å². The van der Waals surface area contributed by atoms with Crippen LogP contribution in [0.3, 0.4) is 0 Å². The van der Waals surface area contributed by atoms with Gasteiger partial charge in [0, 0.05) is 29.6 Å². The summed E-state index contributed by atoms with van der Waals surface area (Å²) < 4.78 is 0. The molecule has 1 heterocycles. The second-order valence-corrected chi connectivity index (χ2v) is 0.957. The summed E-state index contributed by atoms with van der Waals surface area (Å²) in [5.41, 5.74) is 5.72. The van der Waals surface area contributed by atoms with Crippen molar-refractivity contribution in [2.24, 2.45) is 0 Å². The van der Waals surface area contributed by atoms with Crippen LogP contribution in [0.1, 0.15) is 0 Å². The summed E-state index contributed by atoms with van der Waals surface area (Å²) in [5.74, 6) is 0. The number of hydrogen-bond acceptors (Lipinski definition) is 3. The van der Waals surface area contributed by atoms with Crippen molar-refractivity contribution >= 4 is 29.6 Å². The molecule has 0 spiro atoms. The zero-order valence-electron chi connectivity index (χ0n) is 3.91. The van der Waals surface area contributed by atoms with E-state index in [9.17, 15) is 0 Å². The first-order chi connectivity index (χ1) is 2.50. The Morgan fingerprint density at radius 2 is 1.50 bits per heavy atom. The van der Waals surface area contributed by atoms with Crippen molar-refractivity contribution in [3.8, 4) is 0 Å². The second kappa shape index (κ2) is 4.05. The molecule has 0 bridgehead atoms. The van der Waals surface area contributed by atoms with Gasteiger partial charge in [-0.1, -0.05) is 0 Å². The molecule has 0 aromatic carbocycles. The van der Waals surface area contributed by atoms with Gasteiger partial charge in [0.1, 0.15) is 0 Å². The SMILES string of the molecule is C1NCNN1.[Na]. The van der Waals surface area contributed by atoms with Gasteiger partial charge in [0.25, 0.3) is 0 Å². The van der Waals surface area contributed by atoms with Crippen LogP contribution < -0.4 is 16.2 Å². The van der Waals surface area contributed by atoms with Crippen molar-refractivity contribution < 1.29 is 0 Å². The molecule has 1 aliphatic rings. The van der Waals surface area contributed by atoms with Gasteiger partial charge in [-0.25, -0.2) is 10.9 Å².